The summed E-state index contributed by atoms with van der Waals surface area (Å²) in [5, 5.41) is 5.31. The van der Waals surface area contributed by atoms with E-state index in [9.17, 15) is 4.79 Å². The molecule has 1 aromatic carbocycles. The minimum Gasteiger partial charge on any atom is -0.383 e. The number of hydrogen-bond acceptors (Lipinski definition) is 6. The average Bonchev–Trinajstić information content (AvgIpc) is 3.44. The largest absolute Gasteiger partial charge is 0.383 e. The molecule has 0 bridgehead atoms. The Morgan fingerprint density at radius 2 is 2.03 bits per heavy atom. The smallest absolute Gasteiger partial charge is 0.261 e. The van der Waals surface area contributed by atoms with Gasteiger partial charge in [0, 0.05) is 55.8 Å². The van der Waals surface area contributed by atoms with E-state index in [1.807, 2.05) is 18.3 Å². The van der Waals surface area contributed by atoms with Crippen molar-refractivity contribution in [3.05, 3.63) is 70.9 Å². The number of methoxy groups -OCH3 is 1. The Kier molecular flexibility index (Phi) is 6.12. The Hall–Kier alpha value is -2.87. The molecular formula is C25H26N4O2S. The van der Waals surface area contributed by atoms with Crippen LogP contribution in [-0.4, -0.2) is 54.1 Å². The number of thiophene rings is 1. The number of carbonyl (C=O) groups excluding carboxylic acids is 1. The number of ether oxygens (including phenoxy) is 1. The first-order chi connectivity index (χ1) is 15.7. The fraction of sp³-hybridized carbons (Fsp3) is 0.320. The number of para-hydroxylation sites is 1. The zero-order valence-electron chi connectivity index (χ0n) is 18.1. The molecule has 3 aromatic heterocycles. The Labute approximate surface area is 191 Å². The van der Waals surface area contributed by atoms with Gasteiger partial charge in [-0.25, -0.2) is 4.98 Å². The van der Waals surface area contributed by atoms with E-state index in [0.29, 0.717) is 19.1 Å². The van der Waals surface area contributed by atoms with E-state index in [0.717, 1.165) is 52.2 Å². The van der Waals surface area contributed by atoms with E-state index in [1.165, 1.54) is 22.3 Å². The van der Waals surface area contributed by atoms with E-state index >= 15 is 0 Å². The molecule has 7 heteroatoms. The molecule has 0 aliphatic carbocycles. The summed E-state index contributed by atoms with van der Waals surface area (Å²) in [5.74, 6) is 0.280. The van der Waals surface area contributed by atoms with Crippen LogP contribution in [0.3, 0.4) is 0 Å². The van der Waals surface area contributed by atoms with Gasteiger partial charge in [-0.1, -0.05) is 24.3 Å². The van der Waals surface area contributed by atoms with Crippen LogP contribution in [0.1, 0.15) is 33.1 Å². The van der Waals surface area contributed by atoms with Crippen molar-refractivity contribution in [2.75, 3.05) is 33.4 Å². The molecule has 164 valence electrons. The fourth-order valence-corrected chi connectivity index (χ4v) is 5.76. The Morgan fingerprint density at radius 3 is 2.94 bits per heavy atom. The third kappa shape index (κ3) is 4.11. The van der Waals surface area contributed by atoms with Crippen LogP contribution >= 0.6 is 11.3 Å². The molecule has 0 unspecified atom stereocenters. The second kappa shape index (κ2) is 9.32. The average molecular weight is 447 g/mol. The summed E-state index contributed by atoms with van der Waals surface area (Å²) in [7, 11) is 1.64. The Morgan fingerprint density at radius 1 is 1.16 bits per heavy atom. The summed E-state index contributed by atoms with van der Waals surface area (Å²) in [4.78, 5) is 26.2. The standard InChI is InChI=1S/C25H26N4O2S/c1-31-14-12-27-24(30)23-22(20-6-4-10-28-25(20)32-23)18-9-13-29(16-18)15-17-8-11-26-21-7-3-2-5-19(17)21/h2-8,10-11,18H,9,12-16H2,1H3,(H,27,30)/t18-/m0/s1. The first kappa shape index (κ1) is 21.0. The van der Waals surface area contributed by atoms with Crippen molar-refractivity contribution in [3.63, 3.8) is 0 Å². The molecule has 0 radical (unpaired) electrons. The van der Waals surface area contributed by atoms with Gasteiger partial charge in [-0.15, -0.1) is 11.3 Å². The summed E-state index contributed by atoms with van der Waals surface area (Å²) in [6, 6.07) is 14.5. The van der Waals surface area contributed by atoms with Crippen molar-refractivity contribution >= 4 is 38.4 Å². The second-order valence-corrected chi connectivity index (χ2v) is 9.16. The number of amides is 1. The first-order valence-corrected chi connectivity index (χ1v) is 11.8. The molecule has 4 heterocycles. The Bertz CT molecular complexity index is 1250. The van der Waals surface area contributed by atoms with Crippen LogP contribution in [0.4, 0.5) is 0 Å². The molecule has 32 heavy (non-hydrogen) atoms. The van der Waals surface area contributed by atoms with Gasteiger partial charge in [-0.05, 0) is 42.3 Å². The van der Waals surface area contributed by atoms with E-state index in [1.54, 1.807) is 13.3 Å². The molecule has 0 saturated carbocycles. The third-order valence-corrected chi connectivity index (χ3v) is 7.24. The number of nitrogens with one attached hydrogen (secondary N) is 1. The van der Waals surface area contributed by atoms with Gasteiger partial charge >= 0.3 is 0 Å². The van der Waals surface area contributed by atoms with Gasteiger partial charge in [0.05, 0.1) is 17.0 Å². The van der Waals surface area contributed by atoms with Crippen LogP contribution in [0, 0.1) is 0 Å². The van der Waals surface area contributed by atoms with Crippen molar-refractivity contribution in [2.45, 2.75) is 18.9 Å². The molecule has 1 fully saturated rings. The number of nitrogens with zero attached hydrogens (tertiary/aromatic N) is 3. The lowest BCUT2D eigenvalue weighted by molar-refractivity contribution is 0.0940. The minimum absolute atomic E-state index is 0.0290. The van der Waals surface area contributed by atoms with E-state index in [4.69, 9.17) is 4.74 Å². The summed E-state index contributed by atoms with van der Waals surface area (Å²) in [5.41, 5.74) is 3.48. The van der Waals surface area contributed by atoms with Crippen LogP contribution in [0.5, 0.6) is 0 Å². The molecule has 1 saturated heterocycles. The summed E-state index contributed by atoms with van der Waals surface area (Å²) < 4.78 is 5.08. The number of benzene rings is 1. The zero-order valence-corrected chi connectivity index (χ0v) is 18.9. The number of fused-ring (bicyclic) bond motifs is 2. The fourth-order valence-electron chi connectivity index (χ4n) is 4.62. The van der Waals surface area contributed by atoms with Crippen LogP contribution < -0.4 is 5.32 Å². The van der Waals surface area contributed by atoms with Crippen molar-refractivity contribution in [1.82, 2.24) is 20.2 Å². The number of hydrogen-bond donors (Lipinski definition) is 1. The maximum Gasteiger partial charge on any atom is 0.261 e. The number of rotatable bonds is 7. The molecule has 1 aliphatic heterocycles. The lowest BCUT2D eigenvalue weighted by Crippen LogP contribution is -2.27. The van der Waals surface area contributed by atoms with Crippen molar-refractivity contribution in [1.29, 1.82) is 0 Å². The zero-order chi connectivity index (χ0) is 21.9. The van der Waals surface area contributed by atoms with Gasteiger partial charge in [0.2, 0.25) is 0 Å². The quantitative estimate of drug-likeness (QED) is 0.431. The predicted molar refractivity (Wildman–Crippen MR) is 128 cm³/mol. The van der Waals surface area contributed by atoms with Crippen molar-refractivity contribution in [3.8, 4) is 0 Å². The molecule has 5 rings (SSSR count). The monoisotopic (exact) mass is 446 g/mol. The normalized spacial score (nSPS) is 16.7. The van der Waals surface area contributed by atoms with Gasteiger partial charge < -0.3 is 10.1 Å². The number of pyridine rings is 2. The molecule has 6 nitrogen and oxygen atoms in total. The number of likely N-dealkylation sites (tertiary alicyclic amines) is 1. The number of aromatic nitrogens is 2. The van der Waals surface area contributed by atoms with E-state index in [-0.39, 0.29) is 5.91 Å². The molecule has 1 amide bonds. The highest BCUT2D eigenvalue weighted by molar-refractivity contribution is 7.20. The first-order valence-electron chi connectivity index (χ1n) is 10.9. The highest BCUT2D eigenvalue weighted by Gasteiger charge is 2.31. The summed E-state index contributed by atoms with van der Waals surface area (Å²) in [6.07, 6.45) is 4.72. The molecule has 4 aromatic rings. The molecule has 1 atom stereocenters. The van der Waals surface area contributed by atoms with Crippen LogP contribution in [-0.2, 0) is 11.3 Å². The number of carbonyl (C=O) groups is 1. The lowest BCUT2D eigenvalue weighted by atomic mass is 9.95. The van der Waals surface area contributed by atoms with E-state index in [2.05, 4.69) is 50.5 Å². The van der Waals surface area contributed by atoms with Gasteiger partial charge in [-0.2, -0.15) is 0 Å². The molecule has 0 spiro atoms. The van der Waals surface area contributed by atoms with Gasteiger partial charge in [0.25, 0.3) is 5.91 Å². The second-order valence-electron chi connectivity index (χ2n) is 8.16. The highest BCUT2D eigenvalue weighted by Crippen LogP contribution is 2.39. The van der Waals surface area contributed by atoms with Crippen LogP contribution in [0.25, 0.3) is 21.1 Å². The van der Waals surface area contributed by atoms with Gasteiger partial charge in [0.15, 0.2) is 0 Å². The summed E-state index contributed by atoms with van der Waals surface area (Å²) >= 11 is 1.49. The van der Waals surface area contributed by atoms with E-state index < -0.39 is 0 Å². The van der Waals surface area contributed by atoms with Gasteiger partial charge in [0.1, 0.15) is 4.83 Å². The lowest BCUT2D eigenvalue weighted by Gasteiger charge is -2.18. The Balaban J connectivity index is 1.40. The highest BCUT2D eigenvalue weighted by atomic mass is 32.1. The topological polar surface area (TPSA) is 67.3 Å². The van der Waals surface area contributed by atoms with Crippen LogP contribution in [0.15, 0.2) is 54.9 Å². The molecule has 1 aliphatic rings. The third-order valence-electron chi connectivity index (χ3n) is 6.12. The molecule has 1 N–H and O–H groups in total. The minimum atomic E-state index is -0.0290. The SMILES string of the molecule is COCCNC(=O)c1sc2ncccc2c1[C@H]1CCN(Cc2ccnc3ccccc23)C1. The van der Waals surface area contributed by atoms with Crippen molar-refractivity contribution in [2.24, 2.45) is 0 Å². The maximum absolute atomic E-state index is 13.0. The maximum atomic E-state index is 13.0. The van der Waals surface area contributed by atoms with Gasteiger partial charge in [-0.3, -0.25) is 14.7 Å². The van der Waals surface area contributed by atoms with Crippen LogP contribution in [0.2, 0.25) is 0 Å². The molecular weight excluding hydrogens is 420 g/mol. The summed E-state index contributed by atoms with van der Waals surface area (Å²) in [6.45, 7) is 3.82. The van der Waals surface area contributed by atoms with Crippen molar-refractivity contribution < 1.29 is 9.53 Å². The predicted octanol–water partition coefficient (Wildman–Crippen LogP) is 4.21.